The van der Waals surface area contributed by atoms with E-state index in [4.69, 9.17) is 11.6 Å². The van der Waals surface area contributed by atoms with Gasteiger partial charge in [-0.2, -0.15) is 0 Å². The number of hydrogen-bond donors (Lipinski definition) is 2. The summed E-state index contributed by atoms with van der Waals surface area (Å²) in [4.78, 5) is 29.6. The fourth-order valence-electron chi connectivity index (χ4n) is 3.38. The average molecular weight is 451 g/mol. The Hall–Kier alpha value is -3.71. The lowest BCUT2D eigenvalue weighted by Gasteiger charge is -2.11. The highest BCUT2D eigenvalue weighted by molar-refractivity contribution is 6.30. The van der Waals surface area contributed by atoms with Crippen LogP contribution in [0.2, 0.25) is 5.02 Å². The minimum atomic E-state index is -0.499. The number of aromatic nitrogens is 2. The molecule has 2 N–H and O–H groups in total. The van der Waals surface area contributed by atoms with Crippen molar-refractivity contribution in [3.8, 4) is 0 Å². The molecule has 162 valence electrons. The molecule has 0 atom stereocenters. The van der Waals surface area contributed by atoms with E-state index in [2.05, 4.69) is 15.6 Å². The van der Waals surface area contributed by atoms with Crippen molar-refractivity contribution in [3.05, 3.63) is 95.0 Å². The number of benzene rings is 3. The van der Waals surface area contributed by atoms with E-state index in [9.17, 15) is 14.0 Å². The predicted octanol–water partition coefficient (Wildman–Crippen LogP) is 4.44. The number of nitrogens with zero attached hydrogens (tertiary/aromatic N) is 2. The van der Waals surface area contributed by atoms with Gasteiger partial charge in [0.05, 0.1) is 16.7 Å². The number of carbonyl (C=O) groups is 2. The normalized spacial score (nSPS) is 10.8. The van der Waals surface area contributed by atoms with Gasteiger partial charge in [-0.25, -0.2) is 9.37 Å². The third kappa shape index (κ3) is 4.95. The van der Waals surface area contributed by atoms with Crippen molar-refractivity contribution in [2.45, 2.75) is 13.0 Å². The molecular formula is C24H20ClFN4O2. The zero-order chi connectivity index (χ0) is 22.5. The van der Waals surface area contributed by atoms with Gasteiger partial charge in [0.15, 0.2) is 0 Å². The highest BCUT2D eigenvalue weighted by Gasteiger charge is 2.15. The van der Waals surface area contributed by atoms with Crippen LogP contribution in [0.5, 0.6) is 0 Å². The minimum Gasteiger partial charge on any atom is -0.352 e. The first-order chi connectivity index (χ1) is 15.5. The maximum atomic E-state index is 13.9. The van der Waals surface area contributed by atoms with Gasteiger partial charge in [-0.15, -0.1) is 0 Å². The first-order valence-corrected chi connectivity index (χ1v) is 10.4. The second-order valence-electron chi connectivity index (χ2n) is 7.14. The van der Waals surface area contributed by atoms with Crippen LogP contribution in [0, 0.1) is 5.82 Å². The van der Waals surface area contributed by atoms with Crippen LogP contribution in [0.15, 0.2) is 72.8 Å². The van der Waals surface area contributed by atoms with Gasteiger partial charge in [0.1, 0.15) is 18.2 Å². The van der Waals surface area contributed by atoms with Crippen molar-refractivity contribution in [1.82, 2.24) is 14.9 Å². The number of para-hydroxylation sites is 3. The van der Waals surface area contributed by atoms with E-state index in [1.54, 1.807) is 41.0 Å². The van der Waals surface area contributed by atoms with E-state index >= 15 is 0 Å². The van der Waals surface area contributed by atoms with Gasteiger partial charge in [0.2, 0.25) is 5.91 Å². The summed E-state index contributed by atoms with van der Waals surface area (Å²) in [6.45, 7) is 0.301. The van der Waals surface area contributed by atoms with Crippen LogP contribution in [0.1, 0.15) is 16.2 Å². The average Bonchev–Trinajstić information content (AvgIpc) is 3.13. The molecule has 0 saturated heterocycles. The predicted molar refractivity (Wildman–Crippen MR) is 122 cm³/mol. The molecule has 4 rings (SSSR count). The molecule has 1 heterocycles. The number of nitrogens with one attached hydrogen (secondary N) is 2. The van der Waals surface area contributed by atoms with E-state index in [1.165, 1.54) is 12.1 Å². The van der Waals surface area contributed by atoms with E-state index in [-0.39, 0.29) is 24.0 Å². The Bertz CT molecular complexity index is 1270. The van der Waals surface area contributed by atoms with Crippen molar-refractivity contribution in [1.29, 1.82) is 0 Å². The number of anilines is 1. The van der Waals surface area contributed by atoms with Crippen LogP contribution in [0.25, 0.3) is 11.0 Å². The summed E-state index contributed by atoms with van der Waals surface area (Å²) in [5, 5.41) is 6.01. The minimum absolute atomic E-state index is 0.0324. The van der Waals surface area contributed by atoms with Gasteiger partial charge < -0.3 is 15.2 Å². The molecule has 0 aliphatic carbocycles. The molecule has 6 nitrogen and oxygen atoms in total. The monoisotopic (exact) mass is 450 g/mol. The first kappa shape index (κ1) is 21.5. The molecule has 0 saturated carbocycles. The molecule has 0 aliphatic rings. The number of rotatable bonds is 7. The number of halogens is 2. The second kappa shape index (κ2) is 9.62. The van der Waals surface area contributed by atoms with Crippen LogP contribution in [0.4, 0.5) is 10.1 Å². The molecule has 32 heavy (non-hydrogen) atoms. The third-order valence-corrected chi connectivity index (χ3v) is 5.18. The molecule has 1 aromatic heterocycles. The lowest BCUT2D eigenvalue weighted by Crippen LogP contribution is -2.27. The second-order valence-corrected chi connectivity index (χ2v) is 7.58. The highest BCUT2D eigenvalue weighted by Crippen LogP contribution is 2.18. The van der Waals surface area contributed by atoms with Crippen LogP contribution < -0.4 is 10.6 Å². The molecule has 0 aliphatic heterocycles. The lowest BCUT2D eigenvalue weighted by atomic mass is 10.2. The van der Waals surface area contributed by atoms with Gasteiger partial charge in [-0.3, -0.25) is 9.59 Å². The van der Waals surface area contributed by atoms with Gasteiger partial charge in [0, 0.05) is 23.6 Å². The fraction of sp³-hybridized carbons (Fsp3) is 0.125. The maximum Gasteiger partial charge on any atom is 0.251 e. The molecular weight excluding hydrogens is 431 g/mol. The van der Waals surface area contributed by atoms with Crippen molar-refractivity contribution in [2.24, 2.45) is 0 Å². The Morgan fingerprint density at radius 2 is 1.69 bits per heavy atom. The molecule has 0 fully saturated rings. The van der Waals surface area contributed by atoms with E-state index < -0.39 is 5.82 Å². The summed E-state index contributed by atoms with van der Waals surface area (Å²) in [5.74, 6) is -0.445. The molecule has 0 radical (unpaired) electrons. The zero-order valence-electron chi connectivity index (χ0n) is 17.0. The van der Waals surface area contributed by atoms with Crippen LogP contribution >= 0.6 is 11.6 Å². The molecule has 2 amide bonds. The van der Waals surface area contributed by atoms with E-state index in [0.717, 1.165) is 11.0 Å². The third-order valence-electron chi connectivity index (χ3n) is 4.92. The van der Waals surface area contributed by atoms with Crippen molar-refractivity contribution >= 4 is 40.1 Å². The standard InChI is InChI=1S/C24H20ClFN4O2/c25-17-11-9-16(10-12-17)24(32)27-14-13-22-28-20-7-3-4-8-21(20)30(22)15-23(31)29-19-6-2-1-5-18(19)26/h1-12H,13-15H2,(H,27,32)(H,29,31). The summed E-state index contributed by atoms with van der Waals surface area (Å²) in [6, 6.07) is 20.1. The van der Waals surface area contributed by atoms with Gasteiger partial charge >= 0.3 is 0 Å². The number of imidazole rings is 1. The first-order valence-electron chi connectivity index (χ1n) is 10.0. The summed E-state index contributed by atoms with van der Waals surface area (Å²) >= 11 is 5.86. The van der Waals surface area contributed by atoms with Gasteiger partial charge in [0.25, 0.3) is 5.91 Å². The van der Waals surface area contributed by atoms with E-state index in [1.807, 2.05) is 24.3 Å². The Labute approximate surface area is 189 Å². The smallest absolute Gasteiger partial charge is 0.251 e. The molecule has 0 bridgehead atoms. The van der Waals surface area contributed by atoms with Crippen molar-refractivity contribution in [2.75, 3.05) is 11.9 Å². The molecule has 0 spiro atoms. The molecule has 4 aromatic rings. The largest absolute Gasteiger partial charge is 0.352 e. The number of amides is 2. The Morgan fingerprint density at radius 1 is 0.969 bits per heavy atom. The SMILES string of the molecule is O=C(Cn1c(CCNC(=O)c2ccc(Cl)cc2)nc2ccccc21)Nc1ccccc1F. The Kier molecular flexibility index (Phi) is 6.47. The van der Waals surface area contributed by atoms with Crippen LogP contribution in [-0.4, -0.2) is 27.9 Å². The number of hydrogen-bond acceptors (Lipinski definition) is 3. The maximum absolute atomic E-state index is 13.9. The van der Waals surface area contributed by atoms with Gasteiger partial charge in [-0.1, -0.05) is 35.9 Å². The van der Waals surface area contributed by atoms with Crippen LogP contribution in [0.3, 0.4) is 0 Å². The summed E-state index contributed by atoms with van der Waals surface area (Å²) in [6.07, 6.45) is 0.418. The quantitative estimate of drug-likeness (QED) is 0.437. The van der Waals surface area contributed by atoms with Crippen molar-refractivity contribution in [3.63, 3.8) is 0 Å². The lowest BCUT2D eigenvalue weighted by molar-refractivity contribution is -0.116. The Morgan fingerprint density at radius 3 is 2.47 bits per heavy atom. The number of fused-ring (bicyclic) bond motifs is 1. The summed E-state index contributed by atoms with van der Waals surface area (Å²) in [7, 11) is 0. The zero-order valence-corrected chi connectivity index (χ0v) is 17.8. The summed E-state index contributed by atoms with van der Waals surface area (Å²) in [5.41, 5.74) is 2.16. The summed E-state index contributed by atoms with van der Waals surface area (Å²) < 4.78 is 15.7. The number of carbonyl (C=O) groups excluding carboxylic acids is 2. The highest BCUT2D eigenvalue weighted by atomic mass is 35.5. The fourth-order valence-corrected chi connectivity index (χ4v) is 3.51. The topological polar surface area (TPSA) is 76.0 Å². The van der Waals surface area contributed by atoms with Crippen LogP contribution in [-0.2, 0) is 17.8 Å². The molecule has 0 unspecified atom stereocenters. The molecule has 3 aromatic carbocycles. The van der Waals surface area contributed by atoms with Gasteiger partial charge in [-0.05, 0) is 48.5 Å². The van der Waals surface area contributed by atoms with E-state index in [0.29, 0.717) is 29.4 Å². The molecule has 8 heteroatoms. The Balaban J connectivity index is 1.47. The van der Waals surface area contributed by atoms with Crippen molar-refractivity contribution < 1.29 is 14.0 Å².